The topological polar surface area (TPSA) is 56.0 Å². The van der Waals surface area contributed by atoms with Crippen molar-refractivity contribution < 1.29 is 5.11 Å². The highest BCUT2D eigenvalue weighted by molar-refractivity contribution is 7.12. The van der Waals surface area contributed by atoms with Crippen molar-refractivity contribution in [3.8, 4) is 6.07 Å². The van der Waals surface area contributed by atoms with Crippen molar-refractivity contribution in [2.24, 2.45) is 0 Å². The number of rotatable bonds is 4. The first kappa shape index (κ1) is 11.6. The first-order chi connectivity index (χ1) is 7.78. The fourth-order valence-electron chi connectivity index (χ4n) is 2.25. The van der Waals surface area contributed by atoms with E-state index >= 15 is 0 Å². The van der Waals surface area contributed by atoms with Crippen LogP contribution in [0.4, 0.5) is 0 Å². The second kappa shape index (κ2) is 4.96. The van der Waals surface area contributed by atoms with Crippen LogP contribution in [0.15, 0.2) is 12.1 Å². The van der Waals surface area contributed by atoms with Crippen molar-refractivity contribution >= 4 is 11.3 Å². The Kier molecular flexibility index (Phi) is 3.59. The van der Waals surface area contributed by atoms with Gasteiger partial charge in [0, 0.05) is 17.0 Å². The van der Waals surface area contributed by atoms with Crippen molar-refractivity contribution in [3.63, 3.8) is 0 Å². The molecule has 1 heterocycles. The van der Waals surface area contributed by atoms with Crippen molar-refractivity contribution in [1.29, 1.82) is 5.26 Å². The SMILES string of the molecule is N#Cc1ccc(CNC2(CO)CCCC2)s1. The van der Waals surface area contributed by atoms with E-state index in [0.29, 0.717) is 0 Å². The van der Waals surface area contributed by atoms with Crippen LogP contribution in [0.3, 0.4) is 0 Å². The summed E-state index contributed by atoms with van der Waals surface area (Å²) < 4.78 is 0. The zero-order valence-electron chi connectivity index (χ0n) is 9.20. The molecule has 16 heavy (non-hydrogen) atoms. The second-order valence-corrected chi connectivity index (χ2v) is 5.55. The van der Waals surface area contributed by atoms with Crippen LogP contribution in [0, 0.1) is 11.3 Å². The average molecular weight is 236 g/mol. The zero-order valence-corrected chi connectivity index (χ0v) is 10.0. The van der Waals surface area contributed by atoms with Gasteiger partial charge in [-0.25, -0.2) is 0 Å². The van der Waals surface area contributed by atoms with Crippen LogP contribution < -0.4 is 5.32 Å². The first-order valence-electron chi connectivity index (χ1n) is 5.63. The van der Waals surface area contributed by atoms with Gasteiger partial charge >= 0.3 is 0 Å². The molecular weight excluding hydrogens is 220 g/mol. The summed E-state index contributed by atoms with van der Waals surface area (Å²) in [6, 6.07) is 5.97. The summed E-state index contributed by atoms with van der Waals surface area (Å²) in [5, 5.41) is 21.6. The molecule has 0 aliphatic heterocycles. The van der Waals surface area contributed by atoms with Crippen LogP contribution in [0.1, 0.15) is 35.4 Å². The molecule has 3 nitrogen and oxygen atoms in total. The summed E-state index contributed by atoms with van der Waals surface area (Å²) >= 11 is 1.52. The maximum Gasteiger partial charge on any atom is 0.110 e. The molecule has 0 bridgehead atoms. The van der Waals surface area contributed by atoms with Crippen LogP contribution in [0.2, 0.25) is 0 Å². The van der Waals surface area contributed by atoms with Gasteiger partial charge in [-0.1, -0.05) is 12.8 Å². The van der Waals surface area contributed by atoms with Crippen LogP contribution in [0.25, 0.3) is 0 Å². The van der Waals surface area contributed by atoms with Crippen molar-refractivity contribution in [3.05, 3.63) is 21.9 Å². The van der Waals surface area contributed by atoms with E-state index in [1.165, 1.54) is 24.2 Å². The molecule has 86 valence electrons. The molecule has 0 aromatic carbocycles. The maximum absolute atomic E-state index is 9.43. The van der Waals surface area contributed by atoms with Crippen molar-refractivity contribution in [2.75, 3.05) is 6.61 Å². The largest absolute Gasteiger partial charge is 0.394 e. The Morgan fingerprint density at radius 2 is 2.19 bits per heavy atom. The van der Waals surface area contributed by atoms with Crippen molar-refractivity contribution in [1.82, 2.24) is 5.32 Å². The Labute approximate surface area is 99.7 Å². The number of nitriles is 1. The summed E-state index contributed by atoms with van der Waals surface area (Å²) in [6.07, 6.45) is 4.50. The fourth-order valence-corrected chi connectivity index (χ4v) is 2.99. The number of aliphatic hydroxyl groups excluding tert-OH is 1. The number of nitrogens with zero attached hydrogens (tertiary/aromatic N) is 1. The number of hydrogen-bond donors (Lipinski definition) is 2. The molecule has 2 N–H and O–H groups in total. The summed E-state index contributed by atoms with van der Waals surface area (Å²) in [6.45, 7) is 0.969. The van der Waals surface area contributed by atoms with Gasteiger partial charge in [0.05, 0.1) is 6.61 Å². The minimum absolute atomic E-state index is 0.0726. The highest BCUT2D eigenvalue weighted by Crippen LogP contribution is 2.29. The number of aliphatic hydroxyl groups is 1. The molecule has 0 spiro atoms. The Morgan fingerprint density at radius 1 is 1.44 bits per heavy atom. The Bertz CT molecular complexity index is 388. The van der Waals surface area contributed by atoms with E-state index in [2.05, 4.69) is 11.4 Å². The van der Waals surface area contributed by atoms with Gasteiger partial charge in [0.1, 0.15) is 10.9 Å². The van der Waals surface area contributed by atoms with E-state index in [1.807, 2.05) is 12.1 Å². The van der Waals surface area contributed by atoms with Crippen LogP contribution in [-0.4, -0.2) is 17.3 Å². The predicted octanol–water partition coefficient (Wildman–Crippen LogP) is 2.01. The Hall–Kier alpha value is -0.890. The molecule has 0 amide bonds. The fraction of sp³-hybridized carbons (Fsp3) is 0.583. The number of hydrogen-bond acceptors (Lipinski definition) is 4. The second-order valence-electron chi connectivity index (χ2n) is 4.38. The van der Waals surface area contributed by atoms with Crippen molar-refractivity contribution in [2.45, 2.75) is 37.8 Å². The Balaban J connectivity index is 1.93. The average Bonchev–Trinajstić information content (AvgIpc) is 2.96. The van der Waals surface area contributed by atoms with Crippen LogP contribution >= 0.6 is 11.3 Å². The van der Waals surface area contributed by atoms with E-state index in [9.17, 15) is 5.11 Å². The first-order valence-corrected chi connectivity index (χ1v) is 6.44. The molecule has 4 heteroatoms. The Morgan fingerprint density at radius 3 is 2.75 bits per heavy atom. The van der Waals surface area contributed by atoms with E-state index in [1.54, 1.807) is 0 Å². The minimum Gasteiger partial charge on any atom is -0.394 e. The lowest BCUT2D eigenvalue weighted by molar-refractivity contribution is 0.163. The molecule has 0 atom stereocenters. The third-order valence-electron chi connectivity index (χ3n) is 3.27. The van der Waals surface area contributed by atoms with E-state index in [-0.39, 0.29) is 12.1 Å². The van der Waals surface area contributed by atoms with Gasteiger partial charge in [-0.3, -0.25) is 0 Å². The minimum atomic E-state index is -0.0726. The molecular formula is C12H16N2OS. The molecule has 1 aliphatic carbocycles. The molecule has 1 fully saturated rings. The monoisotopic (exact) mass is 236 g/mol. The molecule has 0 saturated heterocycles. The predicted molar refractivity (Wildman–Crippen MR) is 64.2 cm³/mol. The molecule has 0 radical (unpaired) electrons. The molecule has 1 aromatic heterocycles. The molecule has 1 aromatic rings. The van der Waals surface area contributed by atoms with Crippen LogP contribution in [0.5, 0.6) is 0 Å². The van der Waals surface area contributed by atoms with Gasteiger partial charge in [0.2, 0.25) is 0 Å². The maximum atomic E-state index is 9.43. The van der Waals surface area contributed by atoms with Gasteiger partial charge in [0.25, 0.3) is 0 Å². The summed E-state index contributed by atoms with van der Waals surface area (Å²) in [5.74, 6) is 0. The smallest absolute Gasteiger partial charge is 0.110 e. The lowest BCUT2D eigenvalue weighted by Crippen LogP contribution is -2.45. The van der Waals surface area contributed by atoms with Gasteiger partial charge < -0.3 is 10.4 Å². The molecule has 1 saturated carbocycles. The number of nitrogens with one attached hydrogen (secondary N) is 1. The normalized spacial score (nSPS) is 18.5. The number of thiophene rings is 1. The third-order valence-corrected chi connectivity index (χ3v) is 4.26. The highest BCUT2D eigenvalue weighted by atomic mass is 32.1. The van der Waals surface area contributed by atoms with Gasteiger partial charge in [-0.2, -0.15) is 5.26 Å². The van der Waals surface area contributed by atoms with E-state index in [0.717, 1.165) is 29.1 Å². The lowest BCUT2D eigenvalue weighted by atomic mass is 9.99. The summed E-state index contributed by atoms with van der Waals surface area (Å²) in [5.41, 5.74) is -0.0726. The van der Waals surface area contributed by atoms with E-state index < -0.39 is 0 Å². The molecule has 0 unspecified atom stereocenters. The highest BCUT2D eigenvalue weighted by Gasteiger charge is 2.32. The van der Waals surface area contributed by atoms with Crippen LogP contribution in [-0.2, 0) is 6.54 Å². The quantitative estimate of drug-likeness (QED) is 0.841. The van der Waals surface area contributed by atoms with Gasteiger partial charge in [0.15, 0.2) is 0 Å². The van der Waals surface area contributed by atoms with Gasteiger partial charge in [-0.05, 0) is 25.0 Å². The van der Waals surface area contributed by atoms with E-state index in [4.69, 9.17) is 5.26 Å². The zero-order chi connectivity index (χ0) is 11.4. The third kappa shape index (κ3) is 2.43. The lowest BCUT2D eigenvalue weighted by Gasteiger charge is -2.27. The molecule has 1 aliphatic rings. The molecule has 2 rings (SSSR count). The summed E-state index contributed by atoms with van der Waals surface area (Å²) in [4.78, 5) is 1.91. The standard InChI is InChI=1S/C12H16N2OS/c13-7-10-3-4-11(16-10)8-14-12(9-15)5-1-2-6-12/h3-4,14-15H,1-2,5-6,8-9H2. The van der Waals surface area contributed by atoms with Gasteiger partial charge in [-0.15, -0.1) is 11.3 Å². The summed E-state index contributed by atoms with van der Waals surface area (Å²) in [7, 11) is 0.